The van der Waals surface area contributed by atoms with E-state index in [2.05, 4.69) is 31.7 Å². The Labute approximate surface area is 97.9 Å². The van der Waals surface area contributed by atoms with Crippen LogP contribution in [0.25, 0.3) is 0 Å². The van der Waals surface area contributed by atoms with Crippen molar-refractivity contribution in [3.63, 3.8) is 0 Å². The van der Waals surface area contributed by atoms with Crippen LogP contribution in [0.4, 0.5) is 5.69 Å². The highest BCUT2D eigenvalue weighted by atomic mass is 16.3. The zero-order chi connectivity index (χ0) is 11.9. The van der Waals surface area contributed by atoms with Crippen molar-refractivity contribution in [1.29, 1.82) is 0 Å². The van der Waals surface area contributed by atoms with Crippen molar-refractivity contribution in [3.8, 4) is 0 Å². The molecule has 1 aliphatic heterocycles. The zero-order valence-electron chi connectivity index (χ0n) is 10.6. The van der Waals surface area contributed by atoms with Crippen LogP contribution >= 0.6 is 0 Å². The summed E-state index contributed by atoms with van der Waals surface area (Å²) in [5.41, 5.74) is 3.73. The van der Waals surface area contributed by atoms with Crippen molar-refractivity contribution in [1.82, 2.24) is 0 Å². The molecule has 16 heavy (non-hydrogen) atoms. The first kappa shape index (κ1) is 11.5. The number of benzene rings is 1. The van der Waals surface area contributed by atoms with Crippen LogP contribution < -0.4 is 4.90 Å². The minimum absolute atomic E-state index is 0.366. The summed E-state index contributed by atoms with van der Waals surface area (Å²) in [6, 6.07) is 7.31. The third kappa shape index (κ3) is 1.71. The van der Waals surface area contributed by atoms with E-state index in [9.17, 15) is 5.11 Å². The summed E-state index contributed by atoms with van der Waals surface area (Å²) >= 11 is 0. The van der Waals surface area contributed by atoms with E-state index in [1.54, 1.807) is 0 Å². The lowest BCUT2D eigenvalue weighted by Gasteiger charge is -2.29. The lowest BCUT2D eigenvalue weighted by Crippen LogP contribution is -2.35. The first-order valence-corrected chi connectivity index (χ1v) is 6.10. The lowest BCUT2D eigenvalue weighted by molar-refractivity contribution is 0.198. The Hall–Kier alpha value is -1.02. The van der Waals surface area contributed by atoms with Gasteiger partial charge in [0.25, 0.3) is 0 Å². The van der Waals surface area contributed by atoms with E-state index in [1.165, 1.54) is 11.3 Å². The third-order valence-corrected chi connectivity index (χ3v) is 3.45. The Morgan fingerprint density at radius 2 is 2.00 bits per heavy atom. The van der Waals surface area contributed by atoms with Crippen LogP contribution in [0.3, 0.4) is 0 Å². The van der Waals surface area contributed by atoms with Crippen molar-refractivity contribution in [2.75, 3.05) is 4.90 Å². The second-order valence-corrected chi connectivity index (χ2v) is 5.08. The Kier molecular flexibility index (Phi) is 2.94. The van der Waals surface area contributed by atoms with Crippen LogP contribution in [0.15, 0.2) is 18.2 Å². The van der Waals surface area contributed by atoms with Gasteiger partial charge in [0.05, 0.1) is 6.10 Å². The Balaban J connectivity index is 2.48. The van der Waals surface area contributed by atoms with E-state index in [-0.39, 0.29) is 6.10 Å². The molecule has 0 aliphatic carbocycles. The Morgan fingerprint density at radius 3 is 2.56 bits per heavy atom. The quantitative estimate of drug-likeness (QED) is 0.826. The molecular formula is C14H21NO. The average molecular weight is 219 g/mol. The summed E-state index contributed by atoms with van der Waals surface area (Å²) in [5, 5.41) is 9.78. The molecule has 2 heteroatoms. The van der Waals surface area contributed by atoms with Crippen molar-refractivity contribution in [2.45, 2.75) is 52.3 Å². The first-order chi connectivity index (χ1) is 7.52. The van der Waals surface area contributed by atoms with Crippen LogP contribution in [0.5, 0.6) is 0 Å². The van der Waals surface area contributed by atoms with Gasteiger partial charge in [0.1, 0.15) is 0 Å². The molecular weight excluding hydrogens is 198 g/mol. The molecule has 0 bridgehead atoms. The first-order valence-electron chi connectivity index (χ1n) is 6.10. The highest BCUT2D eigenvalue weighted by Crippen LogP contribution is 2.37. The third-order valence-electron chi connectivity index (χ3n) is 3.45. The Morgan fingerprint density at radius 1 is 1.31 bits per heavy atom. The molecule has 2 rings (SSSR count). The number of aliphatic hydroxyl groups is 1. The summed E-state index contributed by atoms with van der Waals surface area (Å²) in [7, 11) is 0. The van der Waals surface area contributed by atoms with Gasteiger partial charge in [-0.25, -0.2) is 0 Å². The predicted octanol–water partition coefficient (Wildman–Crippen LogP) is 2.90. The highest BCUT2D eigenvalue weighted by Gasteiger charge is 2.29. The van der Waals surface area contributed by atoms with Gasteiger partial charge < -0.3 is 10.0 Å². The summed E-state index contributed by atoms with van der Waals surface area (Å²) < 4.78 is 0. The fourth-order valence-electron chi connectivity index (χ4n) is 2.87. The molecule has 0 amide bonds. The molecule has 0 fully saturated rings. The van der Waals surface area contributed by atoms with Gasteiger partial charge in [0, 0.05) is 17.8 Å². The predicted molar refractivity (Wildman–Crippen MR) is 67.9 cm³/mol. The molecule has 1 aliphatic rings. The van der Waals surface area contributed by atoms with E-state index in [1.807, 2.05) is 19.1 Å². The van der Waals surface area contributed by atoms with Crippen molar-refractivity contribution in [2.24, 2.45) is 0 Å². The maximum atomic E-state index is 9.78. The van der Waals surface area contributed by atoms with Gasteiger partial charge in [-0.2, -0.15) is 0 Å². The number of nitrogens with zero attached hydrogens (tertiary/aromatic N) is 1. The normalized spacial score (nSPS) is 21.4. The number of anilines is 1. The number of aliphatic hydroxyl groups excluding tert-OH is 1. The topological polar surface area (TPSA) is 23.5 Å². The van der Waals surface area contributed by atoms with E-state index in [0.717, 1.165) is 12.0 Å². The molecule has 0 saturated carbocycles. The second kappa shape index (κ2) is 4.10. The van der Waals surface area contributed by atoms with Crippen LogP contribution in [-0.2, 0) is 6.42 Å². The minimum atomic E-state index is -0.366. The maximum absolute atomic E-state index is 9.78. The average Bonchev–Trinajstić information content (AvgIpc) is 2.52. The molecule has 0 spiro atoms. The number of fused-ring (bicyclic) bond motifs is 1. The Bertz CT molecular complexity index is 384. The molecule has 2 nitrogen and oxygen atoms in total. The molecule has 0 saturated heterocycles. The molecule has 1 heterocycles. The summed E-state index contributed by atoms with van der Waals surface area (Å²) in [4.78, 5) is 2.45. The fraction of sp³-hybridized carbons (Fsp3) is 0.571. The molecule has 88 valence electrons. The van der Waals surface area contributed by atoms with Gasteiger partial charge in [-0.15, -0.1) is 0 Å². The summed E-state index contributed by atoms with van der Waals surface area (Å²) in [5.74, 6) is 0. The largest absolute Gasteiger partial charge is 0.389 e. The molecule has 2 atom stereocenters. The van der Waals surface area contributed by atoms with Gasteiger partial charge in [-0.1, -0.05) is 12.1 Å². The van der Waals surface area contributed by atoms with Crippen LogP contribution in [-0.4, -0.2) is 17.2 Å². The second-order valence-electron chi connectivity index (χ2n) is 5.08. The van der Waals surface area contributed by atoms with Gasteiger partial charge >= 0.3 is 0 Å². The molecule has 1 N–H and O–H groups in total. The van der Waals surface area contributed by atoms with E-state index in [0.29, 0.717) is 12.1 Å². The van der Waals surface area contributed by atoms with Gasteiger partial charge in [-0.3, -0.25) is 0 Å². The van der Waals surface area contributed by atoms with Gasteiger partial charge in [0.2, 0.25) is 0 Å². The van der Waals surface area contributed by atoms with Crippen molar-refractivity contribution in [3.05, 3.63) is 29.3 Å². The standard InChI is InChI=1S/C14H21NO/c1-9(2)15-10(3)8-13-12(11(4)16)6-5-7-14(13)15/h5-7,9-11,16H,8H2,1-4H3. The fourth-order valence-corrected chi connectivity index (χ4v) is 2.87. The summed E-state index contributed by atoms with van der Waals surface area (Å²) in [6.07, 6.45) is 0.684. The molecule has 0 aromatic heterocycles. The maximum Gasteiger partial charge on any atom is 0.0765 e. The van der Waals surface area contributed by atoms with Crippen LogP contribution in [0.2, 0.25) is 0 Å². The van der Waals surface area contributed by atoms with E-state index < -0.39 is 0 Å². The number of hydrogen-bond donors (Lipinski definition) is 1. The van der Waals surface area contributed by atoms with Crippen LogP contribution in [0, 0.1) is 0 Å². The van der Waals surface area contributed by atoms with Crippen LogP contribution in [0.1, 0.15) is 44.9 Å². The highest BCUT2D eigenvalue weighted by molar-refractivity contribution is 5.63. The van der Waals surface area contributed by atoms with Gasteiger partial charge in [0.15, 0.2) is 0 Å². The lowest BCUT2D eigenvalue weighted by atomic mass is 10.00. The zero-order valence-corrected chi connectivity index (χ0v) is 10.6. The molecule has 0 radical (unpaired) electrons. The smallest absolute Gasteiger partial charge is 0.0765 e. The van der Waals surface area contributed by atoms with Gasteiger partial charge in [-0.05, 0) is 51.3 Å². The van der Waals surface area contributed by atoms with Crippen molar-refractivity contribution >= 4 is 5.69 Å². The molecule has 2 unspecified atom stereocenters. The summed E-state index contributed by atoms with van der Waals surface area (Å²) in [6.45, 7) is 8.55. The van der Waals surface area contributed by atoms with Crippen molar-refractivity contribution < 1.29 is 5.11 Å². The minimum Gasteiger partial charge on any atom is -0.389 e. The monoisotopic (exact) mass is 219 g/mol. The molecule has 1 aromatic rings. The number of rotatable bonds is 2. The molecule has 1 aromatic carbocycles. The number of hydrogen-bond acceptors (Lipinski definition) is 2. The van der Waals surface area contributed by atoms with E-state index in [4.69, 9.17) is 0 Å². The SMILES string of the molecule is CC(O)c1cccc2c1CC(C)N2C(C)C. The van der Waals surface area contributed by atoms with E-state index >= 15 is 0 Å².